The number of benzene rings is 1. The van der Waals surface area contributed by atoms with E-state index in [0.29, 0.717) is 0 Å². The van der Waals surface area contributed by atoms with Crippen molar-refractivity contribution < 1.29 is 24.2 Å². The van der Waals surface area contributed by atoms with Crippen molar-refractivity contribution >= 4 is 11.9 Å². The summed E-state index contributed by atoms with van der Waals surface area (Å²) >= 11 is 0. The highest BCUT2D eigenvalue weighted by Crippen LogP contribution is 2.29. The fourth-order valence-corrected chi connectivity index (χ4v) is 1.67. The van der Waals surface area contributed by atoms with Crippen molar-refractivity contribution in [1.82, 2.24) is 0 Å². The van der Waals surface area contributed by atoms with Crippen LogP contribution in [0.5, 0.6) is 0 Å². The third-order valence-electron chi connectivity index (χ3n) is 2.64. The van der Waals surface area contributed by atoms with Gasteiger partial charge in [-0.25, -0.2) is 4.79 Å². The largest absolute Gasteiger partial charge is 0.469 e. The molecule has 1 atom stereocenters. The third kappa shape index (κ3) is 2.89. The Morgan fingerprint density at radius 3 is 2.47 bits per heavy atom. The van der Waals surface area contributed by atoms with Crippen LogP contribution in [0.25, 0.3) is 0 Å². The topological polar surface area (TPSA) is 96.6 Å². The van der Waals surface area contributed by atoms with E-state index in [1.807, 2.05) is 6.07 Å². The molecule has 0 amide bonds. The van der Waals surface area contributed by atoms with Gasteiger partial charge in [-0.15, -0.1) is 0 Å². The van der Waals surface area contributed by atoms with Gasteiger partial charge < -0.3 is 14.6 Å². The van der Waals surface area contributed by atoms with E-state index in [1.54, 1.807) is 12.1 Å². The number of hydrogen-bond donors (Lipinski definition) is 1. The van der Waals surface area contributed by atoms with Gasteiger partial charge in [0.1, 0.15) is 0 Å². The maximum Gasteiger partial charge on any atom is 0.343 e. The van der Waals surface area contributed by atoms with Crippen LogP contribution in [0.3, 0.4) is 0 Å². The standard InChI is InChI=1S/C13H13NO5/c1-18-11(15)7-13(17,12(16)19-2)10-6-4-3-5-9(10)8-14/h3-6,17H,7H2,1-2H3. The minimum absolute atomic E-state index is 0.00903. The number of rotatable bonds is 4. The zero-order chi connectivity index (χ0) is 14.5. The molecule has 0 saturated carbocycles. The van der Waals surface area contributed by atoms with Crippen LogP contribution in [-0.4, -0.2) is 31.3 Å². The number of nitriles is 1. The van der Waals surface area contributed by atoms with Gasteiger partial charge in [0.15, 0.2) is 5.60 Å². The Kier molecular flexibility index (Phi) is 4.62. The van der Waals surface area contributed by atoms with Crippen LogP contribution < -0.4 is 0 Å². The molecule has 0 heterocycles. The fourth-order valence-electron chi connectivity index (χ4n) is 1.67. The summed E-state index contributed by atoms with van der Waals surface area (Å²) in [6, 6.07) is 7.79. The third-order valence-corrected chi connectivity index (χ3v) is 2.64. The van der Waals surface area contributed by atoms with Gasteiger partial charge in [0.25, 0.3) is 0 Å². The van der Waals surface area contributed by atoms with Gasteiger partial charge in [-0.2, -0.15) is 5.26 Å². The SMILES string of the molecule is COC(=O)CC(O)(C(=O)OC)c1ccccc1C#N. The highest BCUT2D eigenvalue weighted by Gasteiger charge is 2.43. The van der Waals surface area contributed by atoms with Gasteiger partial charge in [-0.1, -0.05) is 18.2 Å². The summed E-state index contributed by atoms with van der Waals surface area (Å²) in [7, 11) is 2.22. The number of nitrogens with zero attached hydrogens (tertiary/aromatic N) is 1. The summed E-state index contributed by atoms with van der Waals surface area (Å²) in [5.41, 5.74) is -2.15. The molecule has 0 aliphatic heterocycles. The van der Waals surface area contributed by atoms with Crippen LogP contribution in [-0.2, 0) is 24.7 Å². The van der Waals surface area contributed by atoms with Crippen LogP contribution in [0, 0.1) is 11.3 Å². The monoisotopic (exact) mass is 263 g/mol. The smallest absolute Gasteiger partial charge is 0.343 e. The second-order valence-corrected chi connectivity index (χ2v) is 3.76. The first kappa shape index (κ1) is 14.7. The van der Waals surface area contributed by atoms with E-state index in [4.69, 9.17) is 5.26 Å². The summed E-state index contributed by atoms with van der Waals surface area (Å²) < 4.78 is 8.95. The molecule has 19 heavy (non-hydrogen) atoms. The lowest BCUT2D eigenvalue weighted by Crippen LogP contribution is -2.40. The van der Waals surface area contributed by atoms with Crippen molar-refractivity contribution in [2.45, 2.75) is 12.0 Å². The molecule has 0 bridgehead atoms. The van der Waals surface area contributed by atoms with Gasteiger partial charge in [0.2, 0.25) is 0 Å². The quantitative estimate of drug-likeness (QED) is 0.794. The Labute approximate surface area is 110 Å². The molecule has 0 saturated heterocycles. The molecule has 0 spiro atoms. The molecule has 0 fully saturated rings. The molecule has 1 N–H and O–H groups in total. The summed E-state index contributed by atoms with van der Waals surface area (Å²) in [5, 5.41) is 19.4. The van der Waals surface area contributed by atoms with Gasteiger partial charge >= 0.3 is 11.9 Å². The first-order valence-electron chi connectivity index (χ1n) is 5.36. The molecular formula is C13H13NO5. The molecule has 1 unspecified atom stereocenters. The van der Waals surface area contributed by atoms with Gasteiger partial charge in [0, 0.05) is 5.56 Å². The lowest BCUT2D eigenvalue weighted by atomic mass is 9.87. The average molecular weight is 263 g/mol. The molecule has 1 rings (SSSR count). The van der Waals surface area contributed by atoms with Gasteiger partial charge in [0.05, 0.1) is 32.3 Å². The Bertz CT molecular complexity index is 534. The van der Waals surface area contributed by atoms with Gasteiger partial charge in [-0.05, 0) is 6.07 Å². The van der Waals surface area contributed by atoms with Crippen molar-refractivity contribution in [3.63, 3.8) is 0 Å². The first-order valence-corrected chi connectivity index (χ1v) is 5.36. The number of carbonyl (C=O) groups excluding carboxylic acids is 2. The van der Waals surface area contributed by atoms with Crippen molar-refractivity contribution in [3.05, 3.63) is 35.4 Å². The van der Waals surface area contributed by atoms with Crippen LogP contribution in [0.1, 0.15) is 17.5 Å². The molecule has 6 nitrogen and oxygen atoms in total. The zero-order valence-corrected chi connectivity index (χ0v) is 10.5. The highest BCUT2D eigenvalue weighted by molar-refractivity contribution is 5.87. The molecule has 1 aromatic carbocycles. The van der Waals surface area contributed by atoms with Gasteiger partial charge in [-0.3, -0.25) is 4.79 Å². The van der Waals surface area contributed by atoms with E-state index in [2.05, 4.69) is 9.47 Å². The molecule has 0 aliphatic carbocycles. The van der Waals surface area contributed by atoms with E-state index < -0.39 is 24.0 Å². The maximum absolute atomic E-state index is 11.8. The highest BCUT2D eigenvalue weighted by atomic mass is 16.5. The average Bonchev–Trinajstić information content (AvgIpc) is 2.45. The molecule has 6 heteroatoms. The maximum atomic E-state index is 11.8. The van der Waals surface area contributed by atoms with Crippen molar-refractivity contribution in [3.8, 4) is 6.07 Å². The predicted molar refractivity (Wildman–Crippen MR) is 63.7 cm³/mol. The summed E-state index contributed by atoms with van der Waals surface area (Å²) in [6.07, 6.45) is -0.630. The zero-order valence-electron chi connectivity index (χ0n) is 10.5. The lowest BCUT2D eigenvalue weighted by Gasteiger charge is -2.25. The fraction of sp³-hybridized carbons (Fsp3) is 0.308. The second kappa shape index (κ2) is 5.98. The van der Waals surface area contributed by atoms with E-state index in [0.717, 1.165) is 14.2 Å². The van der Waals surface area contributed by atoms with Crippen LogP contribution in [0.2, 0.25) is 0 Å². The van der Waals surface area contributed by atoms with Crippen LogP contribution >= 0.6 is 0 Å². The van der Waals surface area contributed by atoms with E-state index >= 15 is 0 Å². The minimum Gasteiger partial charge on any atom is -0.469 e. The van der Waals surface area contributed by atoms with E-state index in [1.165, 1.54) is 12.1 Å². The molecule has 0 aromatic heterocycles. The number of aliphatic hydroxyl groups is 1. The minimum atomic E-state index is -2.24. The van der Waals surface area contributed by atoms with Crippen LogP contribution in [0.15, 0.2) is 24.3 Å². The number of methoxy groups -OCH3 is 2. The van der Waals surface area contributed by atoms with E-state index in [9.17, 15) is 14.7 Å². The number of esters is 2. The normalized spacial score (nSPS) is 12.9. The lowest BCUT2D eigenvalue weighted by molar-refractivity contribution is -0.170. The molecule has 0 aliphatic rings. The van der Waals surface area contributed by atoms with Crippen molar-refractivity contribution in [1.29, 1.82) is 5.26 Å². The van der Waals surface area contributed by atoms with Crippen molar-refractivity contribution in [2.24, 2.45) is 0 Å². The molecular weight excluding hydrogens is 250 g/mol. The molecule has 100 valence electrons. The number of carbonyl (C=O) groups is 2. The second-order valence-electron chi connectivity index (χ2n) is 3.76. The molecule has 1 aromatic rings. The first-order chi connectivity index (χ1) is 8.99. The Morgan fingerprint density at radius 2 is 1.95 bits per heavy atom. The Hall–Kier alpha value is -2.39. The number of hydrogen-bond acceptors (Lipinski definition) is 6. The Balaban J connectivity index is 3.35. The van der Waals surface area contributed by atoms with Crippen LogP contribution in [0.4, 0.5) is 0 Å². The predicted octanol–water partition coefficient (Wildman–Crippen LogP) is 0.482. The summed E-state index contributed by atoms with van der Waals surface area (Å²) in [6.45, 7) is 0. The molecule has 0 radical (unpaired) electrons. The van der Waals surface area contributed by atoms with E-state index in [-0.39, 0.29) is 11.1 Å². The summed E-state index contributed by atoms with van der Waals surface area (Å²) in [4.78, 5) is 23.1. The van der Waals surface area contributed by atoms with Crippen molar-refractivity contribution in [2.75, 3.05) is 14.2 Å². The Morgan fingerprint density at radius 1 is 1.32 bits per heavy atom. The number of ether oxygens (including phenoxy) is 2. The summed E-state index contributed by atoms with van der Waals surface area (Å²) in [5.74, 6) is -1.82.